The summed E-state index contributed by atoms with van der Waals surface area (Å²) in [4.78, 5) is 14.7. The Bertz CT molecular complexity index is 1590. The number of pyridine rings is 1. The van der Waals surface area contributed by atoms with Gasteiger partial charge in [0.1, 0.15) is 17.7 Å². The number of anilines is 3. The van der Waals surface area contributed by atoms with E-state index in [1.54, 1.807) is 0 Å². The molecule has 39 heavy (non-hydrogen) atoms. The van der Waals surface area contributed by atoms with Crippen LogP contribution in [0.1, 0.15) is 36.6 Å². The lowest BCUT2D eigenvalue weighted by molar-refractivity contribution is -0.170. The summed E-state index contributed by atoms with van der Waals surface area (Å²) >= 11 is 1.48. The topological polar surface area (TPSA) is 44.3 Å². The second-order valence-electron chi connectivity index (χ2n) is 10.3. The monoisotopic (exact) mass is 571 g/mol. The second kappa shape index (κ2) is 9.75. The van der Waals surface area contributed by atoms with Crippen LogP contribution in [-0.4, -0.2) is 51.6 Å². The van der Waals surface area contributed by atoms with Crippen molar-refractivity contribution in [3.63, 3.8) is 0 Å². The number of fused-ring (bicyclic) bond motifs is 1. The van der Waals surface area contributed by atoms with Crippen LogP contribution in [0, 0.1) is 6.92 Å². The molecule has 206 valence electrons. The molecule has 1 saturated heterocycles. The van der Waals surface area contributed by atoms with E-state index in [4.69, 9.17) is 9.97 Å². The molecule has 4 heterocycles. The molecule has 5 rings (SSSR count). The van der Waals surface area contributed by atoms with Crippen molar-refractivity contribution in [2.24, 2.45) is 0 Å². The maximum atomic E-state index is 13.6. The van der Waals surface area contributed by atoms with Gasteiger partial charge in [0.05, 0.1) is 10.6 Å². The minimum absolute atomic E-state index is 0.132. The predicted octanol–water partition coefficient (Wildman–Crippen LogP) is 7.77. The van der Waals surface area contributed by atoms with Gasteiger partial charge in [0, 0.05) is 34.9 Å². The van der Waals surface area contributed by atoms with Gasteiger partial charge < -0.3 is 15.1 Å². The van der Waals surface area contributed by atoms with Crippen LogP contribution in [0.15, 0.2) is 54.1 Å². The lowest BCUT2D eigenvalue weighted by atomic mass is 10.0. The number of aromatic nitrogens is 2. The molecule has 3 aromatic rings. The van der Waals surface area contributed by atoms with Gasteiger partial charge in [0.2, 0.25) is 0 Å². The SMILES string of the molecule is C=C1CCCN1c1cccc(Nc2nc(C)c(-c3cc4c(c(S(=C)(=C)C)c3)C(=C)N(C(C)C(F)(F)F)C4)s2)n1. The minimum Gasteiger partial charge on any atom is -0.356 e. The number of aryl methyl sites for hydroxylation is 1. The summed E-state index contributed by atoms with van der Waals surface area (Å²) < 4.78 is 40.8. The molecule has 0 saturated carbocycles. The average molecular weight is 572 g/mol. The zero-order chi connectivity index (χ0) is 28.3. The Balaban J connectivity index is 1.49. The summed E-state index contributed by atoms with van der Waals surface area (Å²) in [6.07, 6.45) is -0.382. The molecule has 0 radical (unpaired) electrons. The smallest absolute Gasteiger partial charge is 0.356 e. The van der Waals surface area contributed by atoms with Crippen LogP contribution in [-0.2, 0) is 6.54 Å². The van der Waals surface area contributed by atoms with E-state index in [0.717, 1.165) is 63.1 Å². The van der Waals surface area contributed by atoms with Crippen molar-refractivity contribution in [2.45, 2.75) is 50.3 Å². The van der Waals surface area contributed by atoms with E-state index < -0.39 is 21.4 Å². The lowest BCUT2D eigenvalue weighted by Crippen LogP contribution is -2.39. The second-order valence-corrected chi connectivity index (χ2v) is 14.3. The Morgan fingerprint density at radius 1 is 1.15 bits per heavy atom. The van der Waals surface area contributed by atoms with Gasteiger partial charge in [-0.25, -0.2) is 9.97 Å². The van der Waals surface area contributed by atoms with Crippen LogP contribution in [0.2, 0.25) is 0 Å². The normalized spacial score (nSPS) is 16.7. The molecule has 1 atom stereocenters. The fraction of sp³-hybridized carbons (Fsp3) is 0.310. The van der Waals surface area contributed by atoms with Gasteiger partial charge in [-0.2, -0.15) is 22.4 Å². The Hall–Kier alpha value is -3.24. The molecule has 2 aliphatic rings. The summed E-state index contributed by atoms with van der Waals surface area (Å²) in [6.45, 7) is 12.3. The lowest BCUT2D eigenvalue weighted by Gasteiger charge is -2.29. The van der Waals surface area contributed by atoms with E-state index in [9.17, 15) is 13.2 Å². The van der Waals surface area contributed by atoms with Crippen LogP contribution in [0.5, 0.6) is 0 Å². The largest absolute Gasteiger partial charge is 0.408 e. The number of allylic oxidation sites excluding steroid dienone is 1. The average Bonchev–Trinajstić information content (AvgIpc) is 3.53. The highest BCUT2D eigenvalue weighted by atomic mass is 32.2. The summed E-state index contributed by atoms with van der Waals surface area (Å²) in [5, 5.41) is 4.02. The quantitative estimate of drug-likeness (QED) is 0.306. The Labute approximate surface area is 232 Å². The van der Waals surface area contributed by atoms with Crippen molar-refractivity contribution in [1.29, 1.82) is 0 Å². The van der Waals surface area contributed by atoms with Gasteiger partial charge in [-0.05, 0) is 68.3 Å². The summed E-state index contributed by atoms with van der Waals surface area (Å²) in [7, 11) is -1.77. The number of hydrogen-bond donors (Lipinski definition) is 1. The molecule has 0 bridgehead atoms. The molecule has 2 aromatic heterocycles. The number of nitrogens with one attached hydrogen (secondary N) is 1. The van der Waals surface area contributed by atoms with Crippen molar-refractivity contribution in [3.8, 4) is 10.4 Å². The van der Waals surface area contributed by atoms with E-state index >= 15 is 0 Å². The van der Waals surface area contributed by atoms with Gasteiger partial charge in [0.15, 0.2) is 5.13 Å². The number of nitrogens with zero attached hydrogens (tertiary/aromatic N) is 4. The summed E-state index contributed by atoms with van der Waals surface area (Å²) in [5.74, 6) is 10.1. The summed E-state index contributed by atoms with van der Waals surface area (Å²) in [6, 6.07) is 8.14. The first-order chi connectivity index (χ1) is 18.2. The minimum atomic E-state index is -4.36. The Morgan fingerprint density at radius 3 is 2.54 bits per heavy atom. The maximum absolute atomic E-state index is 13.6. The fourth-order valence-electron chi connectivity index (χ4n) is 5.10. The maximum Gasteiger partial charge on any atom is 0.408 e. The van der Waals surface area contributed by atoms with Crippen LogP contribution in [0.3, 0.4) is 0 Å². The number of thiazole rings is 1. The molecule has 2 aliphatic heterocycles. The van der Waals surface area contributed by atoms with E-state index in [1.165, 1.54) is 23.2 Å². The first-order valence-electron chi connectivity index (χ1n) is 12.5. The van der Waals surface area contributed by atoms with E-state index in [1.807, 2.05) is 43.5 Å². The van der Waals surface area contributed by atoms with Crippen LogP contribution >= 0.6 is 20.5 Å². The molecule has 10 heteroatoms. The van der Waals surface area contributed by atoms with Gasteiger partial charge in [-0.3, -0.25) is 0 Å². The standard InChI is InChI=1S/C29H32F3N5S2/c1-17-10-9-13-36(17)25-12-8-11-24(34-25)35-28-33-18(2)27(38-28)21-14-22-16-37(20(4)29(30,31)32)19(3)26(22)23(15-21)39(5,6)7/h8,11-12,14-15,20H,1,3,5-6,9-10,13,16H2,2,4,7H3,(H,33,34,35). The molecule has 1 aromatic carbocycles. The zero-order valence-electron chi connectivity index (χ0n) is 22.4. The molecule has 1 N–H and O–H groups in total. The van der Waals surface area contributed by atoms with Crippen molar-refractivity contribution in [1.82, 2.24) is 14.9 Å². The van der Waals surface area contributed by atoms with Crippen molar-refractivity contribution < 1.29 is 13.2 Å². The van der Waals surface area contributed by atoms with Crippen molar-refractivity contribution >= 4 is 54.7 Å². The van der Waals surface area contributed by atoms with Gasteiger partial charge in [0.25, 0.3) is 0 Å². The molecular weight excluding hydrogens is 539 g/mol. The number of hydrogen-bond acceptors (Lipinski definition) is 6. The van der Waals surface area contributed by atoms with Crippen LogP contribution < -0.4 is 10.2 Å². The third-order valence-corrected chi connectivity index (χ3v) is 9.67. The van der Waals surface area contributed by atoms with Gasteiger partial charge in [-0.15, -0.1) is 0 Å². The highest BCUT2D eigenvalue weighted by Gasteiger charge is 2.43. The third kappa shape index (κ3) is 5.19. The molecule has 0 spiro atoms. The van der Waals surface area contributed by atoms with E-state index in [-0.39, 0.29) is 6.54 Å². The van der Waals surface area contributed by atoms with E-state index in [0.29, 0.717) is 16.6 Å². The Morgan fingerprint density at radius 2 is 1.90 bits per heavy atom. The Kier molecular flexibility index (Phi) is 6.83. The van der Waals surface area contributed by atoms with Gasteiger partial charge in [-0.1, -0.05) is 42.3 Å². The molecular formula is C29H32F3N5S2. The first-order valence-corrected chi connectivity index (χ1v) is 15.7. The van der Waals surface area contributed by atoms with Gasteiger partial charge >= 0.3 is 6.18 Å². The number of halogens is 3. The van der Waals surface area contributed by atoms with E-state index in [2.05, 4.69) is 35.1 Å². The molecule has 0 amide bonds. The van der Waals surface area contributed by atoms with Crippen molar-refractivity contribution in [3.05, 3.63) is 66.0 Å². The van der Waals surface area contributed by atoms with Crippen LogP contribution in [0.4, 0.5) is 29.9 Å². The highest BCUT2D eigenvalue weighted by molar-refractivity contribution is 8.27. The summed E-state index contributed by atoms with van der Waals surface area (Å²) in [5.41, 5.74) is 4.69. The number of rotatable bonds is 6. The molecule has 1 fully saturated rings. The zero-order valence-corrected chi connectivity index (χ0v) is 24.0. The molecule has 5 nitrogen and oxygen atoms in total. The first kappa shape index (κ1) is 27.3. The predicted molar refractivity (Wildman–Crippen MR) is 162 cm³/mol. The van der Waals surface area contributed by atoms with Crippen molar-refractivity contribution in [2.75, 3.05) is 23.0 Å². The molecule has 0 aliphatic carbocycles. The number of benzene rings is 1. The number of alkyl halides is 3. The molecule has 1 unspecified atom stereocenters. The third-order valence-electron chi connectivity index (χ3n) is 7.17. The fourth-order valence-corrected chi connectivity index (χ4v) is 7.21. The highest BCUT2D eigenvalue weighted by Crippen LogP contribution is 2.48. The van der Waals surface area contributed by atoms with Crippen LogP contribution in [0.25, 0.3) is 16.1 Å².